The van der Waals surface area contributed by atoms with Crippen molar-refractivity contribution in [3.05, 3.63) is 29.6 Å². The summed E-state index contributed by atoms with van der Waals surface area (Å²) in [6.45, 7) is 3.15. The Kier molecular flexibility index (Phi) is 3.30. The Morgan fingerprint density at radius 3 is 2.80 bits per heavy atom. The van der Waals surface area contributed by atoms with Crippen molar-refractivity contribution in [3.8, 4) is 0 Å². The summed E-state index contributed by atoms with van der Waals surface area (Å²) in [5, 5.41) is 9.87. The molecule has 1 fully saturated rings. The summed E-state index contributed by atoms with van der Waals surface area (Å²) in [4.78, 5) is 4.13. The van der Waals surface area contributed by atoms with Crippen LogP contribution in [0.2, 0.25) is 0 Å². The summed E-state index contributed by atoms with van der Waals surface area (Å²) in [6, 6.07) is 3.76. The van der Waals surface area contributed by atoms with E-state index in [4.69, 9.17) is 9.47 Å². The summed E-state index contributed by atoms with van der Waals surface area (Å²) < 4.78 is 10.5. The number of aliphatic hydroxyl groups excluding tert-OH is 1. The van der Waals surface area contributed by atoms with Crippen LogP contribution in [0.3, 0.4) is 0 Å². The van der Waals surface area contributed by atoms with E-state index < -0.39 is 6.10 Å². The molecular weight excluding hydrogens is 194 g/mol. The van der Waals surface area contributed by atoms with Gasteiger partial charge in [-0.15, -0.1) is 0 Å². The monoisotopic (exact) mass is 209 g/mol. The van der Waals surface area contributed by atoms with Gasteiger partial charge in [0.2, 0.25) is 0 Å². The Bertz CT molecular complexity index is 306. The summed E-state index contributed by atoms with van der Waals surface area (Å²) >= 11 is 0. The number of hydrogen-bond donors (Lipinski definition) is 1. The third kappa shape index (κ3) is 2.75. The lowest BCUT2D eigenvalue weighted by atomic mass is 10.1. The average molecular weight is 209 g/mol. The lowest BCUT2D eigenvalue weighted by Gasteiger charge is -2.14. The van der Waals surface area contributed by atoms with Crippen molar-refractivity contribution in [1.82, 2.24) is 4.98 Å². The van der Waals surface area contributed by atoms with Crippen molar-refractivity contribution in [1.29, 1.82) is 0 Å². The lowest BCUT2D eigenvalue weighted by molar-refractivity contribution is -0.0708. The van der Waals surface area contributed by atoms with Crippen LogP contribution < -0.4 is 0 Å². The van der Waals surface area contributed by atoms with E-state index >= 15 is 0 Å². The van der Waals surface area contributed by atoms with Crippen molar-refractivity contribution >= 4 is 0 Å². The predicted molar refractivity (Wildman–Crippen MR) is 54.2 cm³/mol. The molecule has 0 aliphatic carbocycles. The van der Waals surface area contributed by atoms with E-state index in [1.54, 1.807) is 6.20 Å². The molecule has 0 amide bonds. The minimum atomic E-state index is -0.568. The fraction of sp³-hybridized carbons (Fsp3) is 0.545. The highest BCUT2D eigenvalue weighted by molar-refractivity contribution is 5.15. The zero-order valence-electron chi connectivity index (χ0n) is 8.72. The first-order valence-corrected chi connectivity index (χ1v) is 5.09. The topological polar surface area (TPSA) is 51.6 Å². The van der Waals surface area contributed by atoms with Crippen LogP contribution in [0.15, 0.2) is 18.3 Å². The molecule has 1 atom stereocenters. The molecule has 1 N–H and O–H groups in total. The molecule has 0 saturated carbocycles. The highest BCUT2D eigenvalue weighted by Crippen LogP contribution is 2.21. The highest BCUT2D eigenvalue weighted by atomic mass is 16.7. The van der Waals surface area contributed by atoms with Crippen LogP contribution >= 0.6 is 0 Å². The van der Waals surface area contributed by atoms with Gasteiger partial charge in [-0.05, 0) is 18.6 Å². The summed E-state index contributed by atoms with van der Waals surface area (Å²) in [6.07, 6.45) is 1.31. The molecule has 0 aromatic carbocycles. The molecule has 15 heavy (non-hydrogen) atoms. The van der Waals surface area contributed by atoms with E-state index in [1.165, 1.54) is 0 Å². The quantitative estimate of drug-likeness (QED) is 0.812. The van der Waals surface area contributed by atoms with Gasteiger partial charge in [-0.1, -0.05) is 6.07 Å². The van der Waals surface area contributed by atoms with Crippen LogP contribution in [0, 0.1) is 6.92 Å². The maximum atomic E-state index is 9.87. The van der Waals surface area contributed by atoms with E-state index in [2.05, 4.69) is 4.98 Å². The number of nitrogens with zero attached hydrogens (tertiary/aromatic N) is 1. The van der Waals surface area contributed by atoms with Gasteiger partial charge < -0.3 is 14.6 Å². The lowest BCUT2D eigenvalue weighted by Crippen LogP contribution is -2.13. The fourth-order valence-electron chi connectivity index (χ4n) is 1.54. The van der Waals surface area contributed by atoms with Crippen LogP contribution in [0.1, 0.15) is 23.8 Å². The highest BCUT2D eigenvalue weighted by Gasteiger charge is 2.21. The minimum Gasteiger partial charge on any atom is -0.388 e. The van der Waals surface area contributed by atoms with Crippen LogP contribution in [-0.4, -0.2) is 29.6 Å². The first-order valence-electron chi connectivity index (χ1n) is 5.09. The molecule has 0 spiro atoms. The van der Waals surface area contributed by atoms with Gasteiger partial charge in [0, 0.05) is 18.3 Å². The Labute approximate surface area is 88.9 Å². The van der Waals surface area contributed by atoms with Crippen LogP contribution in [0.25, 0.3) is 0 Å². The molecule has 1 aliphatic heterocycles. The second-order valence-corrected chi connectivity index (χ2v) is 3.66. The SMILES string of the molecule is Cc1ccc(C(O)CC2OCCO2)cn1. The van der Waals surface area contributed by atoms with E-state index in [9.17, 15) is 5.11 Å². The Balaban J connectivity index is 1.94. The second kappa shape index (κ2) is 4.70. The molecule has 0 radical (unpaired) electrons. The zero-order valence-corrected chi connectivity index (χ0v) is 8.72. The van der Waals surface area contributed by atoms with Gasteiger partial charge in [-0.3, -0.25) is 4.98 Å². The molecule has 1 saturated heterocycles. The molecule has 0 bridgehead atoms. The smallest absolute Gasteiger partial charge is 0.160 e. The third-order valence-corrected chi connectivity index (χ3v) is 2.43. The Morgan fingerprint density at radius 2 is 2.20 bits per heavy atom. The zero-order chi connectivity index (χ0) is 10.7. The van der Waals surface area contributed by atoms with Crippen molar-refractivity contribution < 1.29 is 14.6 Å². The van der Waals surface area contributed by atoms with E-state index in [1.807, 2.05) is 19.1 Å². The van der Waals surface area contributed by atoms with Crippen molar-refractivity contribution in [2.45, 2.75) is 25.7 Å². The van der Waals surface area contributed by atoms with Crippen LogP contribution in [-0.2, 0) is 9.47 Å². The molecule has 1 aromatic heterocycles. The molecule has 1 aromatic rings. The van der Waals surface area contributed by atoms with Gasteiger partial charge in [0.15, 0.2) is 6.29 Å². The maximum Gasteiger partial charge on any atom is 0.160 e. The van der Waals surface area contributed by atoms with Crippen molar-refractivity contribution in [3.63, 3.8) is 0 Å². The first kappa shape index (κ1) is 10.5. The van der Waals surface area contributed by atoms with Crippen molar-refractivity contribution in [2.24, 2.45) is 0 Å². The fourth-order valence-corrected chi connectivity index (χ4v) is 1.54. The number of aromatic nitrogens is 1. The summed E-state index contributed by atoms with van der Waals surface area (Å²) in [5.41, 5.74) is 1.75. The molecule has 4 nitrogen and oxygen atoms in total. The van der Waals surface area contributed by atoms with Crippen LogP contribution in [0.4, 0.5) is 0 Å². The van der Waals surface area contributed by atoms with E-state index in [0.29, 0.717) is 19.6 Å². The number of rotatable bonds is 3. The van der Waals surface area contributed by atoms with Crippen molar-refractivity contribution in [2.75, 3.05) is 13.2 Å². The maximum absolute atomic E-state index is 9.87. The standard InChI is InChI=1S/C11H15NO3/c1-8-2-3-9(7-12-8)10(13)6-11-14-4-5-15-11/h2-3,7,10-11,13H,4-6H2,1H3. The number of aliphatic hydroxyl groups is 1. The Morgan fingerprint density at radius 1 is 1.47 bits per heavy atom. The second-order valence-electron chi connectivity index (χ2n) is 3.66. The predicted octanol–water partition coefficient (Wildman–Crippen LogP) is 1.19. The molecular formula is C11H15NO3. The van der Waals surface area contributed by atoms with Crippen LogP contribution in [0.5, 0.6) is 0 Å². The number of pyridine rings is 1. The van der Waals surface area contributed by atoms with E-state index in [-0.39, 0.29) is 6.29 Å². The van der Waals surface area contributed by atoms with Gasteiger partial charge in [0.1, 0.15) is 0 Å². The largest absolute Gasteiger partial charge is 0.388 e. The molecule has 4 heteroatoms. The molecule has 2 rings (SSSR count). The van der Waals surface area contributed by atoms with Gasteiger partial charge in [0.25, 0.3) is 0 Å². The molecule has 82 valence electrons. The molecule has 1 unspecified atom stereocenters. The number of ether oxygens (including phenoxy) is 2. The summed E-state index contributed by atoms with van der Waals surface area (Å²) in [5.74, 6) is 0. The Hall–Kier alpha value is -0.970. The average Bonchev–Trinajstić information content (AvgIpc) is 2.71. The molecule has 1 aliphatic rings. The summed E-state index contributed by atoms with van der Waals surface area (Å²) in [7, 11) is 0. The van der Waals surface area contributed by atoms with Gasteiger partial charge >= 0.3 is 0 Å². The van der Waals surface area contributed by atoms with E-state index in [0.717, 1.165) is 11.3 Å². The van der Waals surface area contributed by atoms with Gasteiger partial charge in [-0.2, -0.15) is 0 Å². The normalized spacial score (nSPS) is 19.3. The first-order chi connectivity index (χ1) is 7.25. The number of aryl methyl sites for hydroxylation is 1. The third-order valence-electron chi connectivity index (χ3n) is 2.43. The minimum absolute atomic E-state index is 0.277. The number of hydrogen-bond acceptors (Lipinski definition) is 4. The van der Waals surface area contributed by atoms with Gasteiger partial charge in [-0.25, -0.2) is 0 Å². The molecule has 2 heterocycles. The van der Waals surface area contributed by atoms with Gasteiger partial charge in [0.05, 0.1) is 19.3 Å².